The molecule has 4 heteroatoms. The minimum absolute atomic E-state index is 0.143. The van der Waals surface area contributed by atoms with E-state index in [1.165, 1.54) is 6.07 Å². The molecule has 2 aliphatic rings. The molecule has 0 aliphatic carbocycles. The lowest BCUT2D eigenvalue weighted by Crippen LogP contribution is -2.63. The van der Waals surface area contributed by atoms with Crippen LogP contribution in [0.15, 0.2) is 24.3 Å². The number of halogens is 1. The van der Waals surface area contributed by atoms with Gasteiger partial charge < -0.3 is 15.1 Å². The zero-order valence-electron chi connectivity index (χ0n) is 11.6. The minimum atomic E-state index is -0.143. The summed E-state index contributed by atoms with van der Waals surface area (Å²) in [6, 6.07) is 7.63. The summed E-state index contributed by atoms with van der Waals surface area (Å²) in [6.45, 7) is 4.14. The summed E-state index contributed by atoms with van der Waals surface area (Å²) in [4.78, 5) is 4.71. The third-order valence-corrected chi connectivity index (χ3v) is 4.46. The summed E-state index contributed by atoms with van der Waals surface area (Å²) in [5, 5.41) is 3.53. The van der Waals surface area contributed by atoms with Gasteiger partial charge in [-0.15, -0.1) is 0 Å². The zero-order chi connectivity index (χ0) is 13.4. The number of anilines is 1. The Kier molecular flexibility index (Phi) is 3.46. The van der Waals surface area contributed by atoms with Crippen LogP contribution in [0.4, 0.5) is 10.1 Å². The van der Waals surface area contributed by atoms with E-state index in [0.29, 0.717) is 17.9 Å². The highest BCUT2D eigenvalue weighted by atomic mass is 19.1. The van der Waals surface area contributed by atoms with Gasteiger partial charge in [0.25, 0.3) is 0 Å². The second-order valence-corrected chi connectivity index (χ2v) is 6.02. The van der Waals surface area contributed by atoms with Gasteiger partial charge in [-0.25, -0.2) is 4.39 Å². The van der Waals surface area contributed by atoms with E-state index in [-0.39, 0.29) is 5.82 Å². The molecule has 0 spiro atoms. The maximum atomic E-state index is 13.4. The lowest BCUT2D eigenvalue weighted by atomic mass is 9.79. The third-order valence-electron chi connectivity index (χ3n) is 4.46. The number of rotatable bonds is 2. The van der Waals surface area contributed by atoms with Crippen LogP contribution in [-0.2, 0) is 0 Å². The number of hydrogen-bond donors (Lipinski definition) is 1. The van der Waals surface area contributed by atoms with Crippen LogP contribution in [0.25, 0.3) is 0 Å². The number of fused-ring (bicyclic) bond motifs is 2. The molecule has 2 bridgehead atoms. The molecule has 0 saturated carbocycles. The summed E-state index contributed by atoms with van der Waals surface area (Å²) >= 11 is 0. The van der Waals surface area contributed by atoms with Crippen molar-refractivity contribution in [1.82, 2.24) is 10.2 Å². The molecule has 104 valence electrons. The molecule has 3 nitrogen and oxygen atoms in total. The molecular formula is C15H22FN3. The SMILES string of the molecule is CN(C)C1C2CNCC1CN(c1cccc(F)c1)C2. The van der Waals surface area contributed by atoms with Gasteiger partial charge in [0.2, 0.25) is 0 Å². The van der Waals surface area contributed by atoms with Gasteiger partial charge in [0.05, 0.1) is 0 Å². The van der Waals surface area contributed by atoms with E-state index in [1.807, 2.05) is 6.07 Å². The predicted molar refractivity (Wildman–Crippen MR) is 75.9 cm³/mol. The fourth-order valence-corrected chi connectivity index (χ4v) is 3.79. The van der Waals surface area contributed by atoms with E-state index < -0.39 is 0 Å². The van der Waals surface area contributed by atoms with Crippen LogP contribution in [0.1, 0.15) is 0 Å². The van der Waals surface area contributed by atoms with E-state index in [4.69, 9.17) is 0 Å². The third kappa shape index (κ3) is 2.47. The van der Waals surface area contributed by atoms with Crippen molar-refractivity contribution < 1.29 is 4.39 Å². The summed E-state index contributed by atoms with van der Waals surface area (Å²) < 4.78 is 13.4. The topological polar surface area (TPSA) is 18.5 Å². The fourth-order valence-electron chi connectivity index (χ4n) is 3.79. The Hall–Kier alpha value is -1.13. The average molecular weight is 263 g/mol. The molecule has 0 radical (unpaired) electrons. The van der Waals surface area contributed by atoms with E-state index in [0.717, 1.165) is 31.9 Å². The highest BCUT2D eigenvalue weighted by Gasteiger charge is 2.40. The minimum Gasteiger partial charge on any atom is -0.371 e. The quantitative estimate of drug-likeness (QED) is 0.870. The van der Waals surface area contributed by atoms with Crippen molar-refractivity contribution in [1.29, 1.82) is 0 Å². The van der Waals surface area contributed by atoms with Crippen molar-refractivity contribution in [3.05, 3.63) is 30.1 Å². The molecule has 2 saturated heterocycles. The molecule has 19 heavy (non-hydrogen) atoms. The molecule has 2 aliphatic heterocycles. The molecule has 2 heterocycles. The standard InChI is InChI=1S/C15H22FN3/c1-18(2)15-11-7-17-8-12(15)10-19(9-11)14-5-3-4-13(16)6-14/h3-6,11-12,15,17H,7-10H2,1-2H3. The predicted octanol–water partition coefficient (Wildman–Crippen LogP) is 1.41. The van der Waals surface area contributed by atoms with Crippen LogP contribution in [0, 0.1) is 17.7 Å². The number of nitrogens with zero attached hydrogens (tertiary/aromatic N) is 2. The maximum Gasteiger partial charge on any atom is 0.125 e. The number of hydrogen-bond acceptors (Lipinski definition) is 3. The summed E-state index contributed by atoms with van der Waals surface area (Å²) in [6.07, 6.45) is 0. The van der Waals surface area contributed by atoms with Crippen LogP contribution < -0.4 is 10.2 Å². The fraction of sp³-hybridized carbons (Fsp3) is 0.600. The van der Waals surface area contributed by atoms with E-state index in [2.05, 4.69) is 29.2 Å². The smallest absolute Gasteiger partial charge is 0.125 e. The number of nitrogens with one attached hydrogen (secondary N) is 1. The van der Waals surface area contributed by atoms with Crippen LogP contribution >= 0.6 is 0 Å². The monoisotopic (exact) mass is 263 g/mol. The van der Waals surface area contributed by atoms with Gasteiger partial charge in [0.1, 0.15) is 5.82 Å². The van der Waals surface area contributed by atoms with Crippen molar-refractivity contribution in [2.24, 2.45) is 11.8 Å². The molecule has 0 amide bonds. The zero-order valence-corrected chi connectivity index (χ0v) is 11.6. The summed E-state index contributed by atoms with van der Waals surface area (Å²) in [5.41, 5.74) is 1.02. The molecule has 1 N–H and O–H groups in total. The largest absolute Gasteiger partial charge is 0.371 e. The first kappa shape index (κ1) is 12.9. The van der Waals surface area contributed by atoms with Crippen molar-refractivity contribution >= 4 is 5.69 Å². The first-order valence-corrected chi connectivity index (χ1v) is 7.03. The Balaban J connectivity index is 1.81. The van der Waals surface area contributed by atoms with Crippen LogP contribution in [0.3, 0.4) is 0 Å². The van der Waals surface area contributed by atoms with Crippen molar-refractivity contribution in [2.75, 3.05) is 45.2 Å². The van der Waals surface area contributed by atoms with Gasteiger partial charge >= 0.3 is 0 Å². The Morgan fingerprint density at radius 3 is 2.47 bits per heavy atom. The normalized spacial score (nSPS) is 30.7. The summed E-state index contributed by atoms with van der Waals surface area (Å²) in [5.74, 6) is 1.09. The first-order valence-electron chi connectivity index (χ1n) is 7.03. The molecule has 3 rings (SSSR count). The highest BCUT2D eigenvalue weighted by molar-refractivity contribution is 5.47. The van der Waals surface area contributed by atoms with Gasteiger partial charge in [0.15, 0.2) is 0 Å². The van der Waals surface area contributed by atoms with Crippen molar-refractivity contribution in [3.8, 4) is 0 Å². The Morgan fingerprint density at radius 1 is 1.21 bits per heavy atom. The Morgan fingerprint density at radius 2 is 1.89 bits per heavy atom. The molecular weight excluding hydrogens is 241 g/mol. The van der Waals surface area contributed by atoms with E-state index in [9.17, 15) is 4.39 Å². The molecule has 0 aromatic heterocycles. The van der Waals surface area contributed by atoms with Crippen LogP contribution in [0.5, 0.6) is 0 Å². The van der Waals surface area contributed by atoms with Gasteiger partial charge in [-0.2, -0.15) is 0 Å². The van der Waals surface area contributed by atoms with Gasteiger partial charge in [0, 0.05) is 49.7 Å². The summed E-state index contributed by atoms with van der Waals surface area (Å²) in [7, 11) is 4.35. The molecule has 2 atom stereocenters. The van der Waals surface area contributed by atoms with Gasteiger partial charge in [-0.05, 0) is 32.3 Å². The van der Waals surface area contributed by atoms with Crippen LogP contribution in [-0.4, -0.2) is 51.2 Å². The van der Waals surface area contributed by atoms with Gasteiger partial charge in [-0.3, -0.25) is 0 Å². The number of piperidine rings is 2. The Labute approximate surface area is 114 Å². The maximum absolute atomic E-state index is 13.4. The second kappa shape index (κ2) is 5.10. The Bertz CT molecular complexity index is 435. The van der Waals surface area contributed by atoms with Crippen molar-refractivity contribution in [3.63, 3.8) is 0 Å². The molecule has 2 unspecified atom stereocenters. The second-order valence-electron chi connectivity index (χ2n) is 6.02. The van der Waals surface area contributed by atoms with Gasteiger partial charge in [-0.1, -0.05) is 6.07 Å². The van der Waals surface area contributed by atoms with Crippen LogP contribution in [0.2, 0.25) is 0 Å². The van der Waals surface area contributed by atoms with Crippen molar-refractivity contribution in [2.45, 2.75) is 6.04 Å². The highest BCUT2D eigenvalue weighted by Crippen LogP contribution is 2.31. The molecule has 1 aromatic carbocycles. The number of benzene rings is 1. The molecule has 1 aromatic rings. The molecule has 2 fully saturated rings. The van der Waals surface area contributed by atoms with E-state index >= 15 is 0 Å². The average Bonchev–Trinajstić information content (AvgIpc) is 2.37. The lowest BCUT2D eigenvalue weighted by Gasteiger charge is -2.50. The lowest BCUT2D eigenvalue weighted by molar-refractivity contribution is 0.0896. The van der Waals surface area contributed by atoms with E-state index in [1.54, 1.807) is 12.1 Å². The first-order chi connectivity index (χ1) is 9.15.